The van der Waals surface area contributed by atoms with Crippen LogP contribution in [-0.4, -0.2) is 57.9 Å². The van der Waals surface area contributed by atoms with Crippen LogP contribution in [0.4, 0.5) is 5.69 Å². The normalized spacial score (nSPS) is 17.6. The molecule has 1 heterocycles. The lowest BCUT2D eigenvalue weighted by Gasteiger charge is -2.33. The molecule has 1 aliphatic heterocycles. The summed E-state index contributed by atoms with van der Waals surface area (Å²) in [6, 6.07) is 17.1. The summed E-state index contributed by atoms with van der Waals surface area (Å²) in [5.74, 6) is 0.0731. The van der Waals surface area contributed by atoms with Gasteiger partial charge in [0.1, 0.15) is 6.04 Å². The third-order valence-electron chi connectivity index (χ3n) is 5.00. The number of nitrogens with one attached hydrogen (secondary N) is 1. The molecule has 7 heteroatoms. The first-order valence-electron chi connectivity index (χ1n) is 9.39. The summed E-state index contributed by atoms with van der Waals surface area (Å²) in [5, 5.41) is 3.03. The van der Waals surface area contributed by atoms with Crippen molar-refractivity contribution in [3.63, 3.8) is 0 Å². The lowest BCUT2D eigenvalue weighted by molar-refractivity contribution is -0.126. The predicted octanol–water partition coefficient (Wildman–Crippen LogP) is 1.84. The first kappa shape index (κ1) is 20.4. The summed E-state index contributed by atoms with van der Waals surface area (Å²) in [6.07, 6.45) is 0. The Morgan fingerprint density at radius 3 is 2.39 bits per heavy atom. The summed E-state index contributed by atoms with van der Waals surface area (Å²) in [7, 11) is 0.956. The van der Waals surface area contributed by atoms with Crippen molar-refractivity contribution in [1.29, 1.82) is 0 Å². The zero-order valence-corrected chi connectivity index (χ0v) is 17.2. The lowest BCUT2D eigenvalue weighted by Crippen LogP contribution is -2.47. The number of sulfone groups is 1. The van der Waals surface area contributed by atoms with Gasteiger partial charge in [-0.05, 0) is 23.3 Å². The van der Waals surface area contributed by atoms with Crippen molar-refractivity contribution < 1.29 is 13.2 Å². The van der Waals surface area contributed by atoms with Gasteiger partial charge < -0.3 is 10.2 Å². The van der Waals surface area contributed by atoms with E-state index < -0.39 is 15.9 Å². The fourth-order valence-corrected chi connectivity index (χ4v) is 4.61. The molecule has 1 N–H and O–H groups in total. The lowest BCUT2D eigenvalue weighted by atomic mass is 10.0. The van der Waals surface area contributed by atoms with E-state index in [1.807, 2.05) is 78.5 Å². The summed E-state index contributed by atoms with van der Waals surface area (Å²) < 4.78 is 23.6. The molecule has 2 aromatic carbocycles. The number of rotatable bonds is 6. The SMILES string of the molecule is CN(C)c1cccc(CNC(=O)C(c2ccccc2)N2CCS(=O)(=O)CC2)c1. The smallest absolute Gasteiger partial charge is 0.242 e. The molecule has 1 saturated heterocycles. The quantitative estimate of drug-likeness (QED) is 0.800. The van der Waals surface area contributed by atoms with Gasteiger partial charge in [-0.1, -0.05) is 42.5 Å². The van der Waals surface area contributed by atoms with Crippen LogP contribution in [0.2, 0.25) is 0 Å². The number of anilines is 1. The summed E-state index contributed by atoms with van der Waals surface area (Å²) in [4.78, 5) is 17.1. The third-order valence-corrected chi connectivity index (χ3v) is 6.61. The molecule has 0 spiro atoms. The van der Waals surface area contributed by atoms with E-state index >= 15 is 0 Å². The van der Waals surface area contributed by atoms with E-state index in [1.165, 1.54) is 0 Å². The molecule has 1 unspecified atom stereocenters. The maximum atomic E-state index is 13.1. The van der Waals surface area contributed by atoms with E-state index in [4.69, 9.17) is 0 Å². The molecule has 0 saturated carbocycles. The Bertz CT molecular complexity index is 900. The molecule has 2 aromatic rings. The second-order valence-corrected chi connectivity index (χ2v) is 9.59. The minimum atomic E-state index is -3.00. The Labute approximate surface area is 167 Å². The van der Waals surface area contributed by atoms with Gasteiger partial charge in [-0.3, -0.25) is 9.69 Å². The topological polar surface area (TPSA) is 69.7 Å². The zero-order chi connectivity index (χ0) is 20.1. The average Bonchev–Trinajstić information content (AvgIpc) is 2.69. The molecule has 1 fully saturated rings. The Kier molecular flexibility index (Phi) is 6.36. The molecule has 0 aliphatic carbocycles. The monoisotopic (exact) mass is 401 g/mol. The van der Waals surface area contributed by atoms with Crippen LogP contribution in [0.25, 0.3) is 0 Å². The first-order chi connectivity index (χ1) is 13.4. The van der Waals surface area contributed by atoms with Gasteiger partial charge >= 0.3 is 0 Å². The number of nitrogens with zero attached hydrogens (tertiary/aromatic N) is 2. The van der Waals surface area contributed by atoms with Gasteiger partial charge in [0.15, 0.2) is 9.84 Å². The van der Waals surface area contributed by atoms with Gasteiger partial charge in [-0.2, -0.15) is 0 Å². The van der Waals surface area contributed by atoms with Crippen LogP contribution in [0.1, 0.15) is 17.2 Å². The van der Waals surface area contributed by atoms with Gasteiger partial charge in [0.2, 0.25) is 5.91 Å². The second kappa shape index (κ2) is 8.75. The molecule has 6 nitrogen and oxygen atoms in total. The maximum absolute atomic E-state index is 13.1. The van der Waals surface area contributed by atoms with Crippen LogP contribution >= 0.6 is 0 Å². The molecule has 3 rings (SSSR count). The number of hydrogen-bond acceptors (Lipinski definition) is 5. The van der Waals surface area contributed by atoms with E-state index in [2.05, 4.69) is 5.32 Å². The van der Waals surface area contributed by atoms with Crippen molar-refractivity contribution in [3.05, 3.63) is 65.7 Å². The molecule has 1 amide bonds. The predicted molar refractivity (Wildman–Crippen MR) is 112 cm³/mol. The molecule has 28 heavy (non-hydrogen) atoms. The van der Waals surface area contributed by atoms with Gasteiger partial charge in [0.25, 0.3) is 0 Å². The van der Waals surface area contributed by atoms with Crippen LogP contribution < -0.4 is 10.2 Å². The molecule has 0 radical (unpaired) electrons. The summed E-state index contributed by atoms with van der Waals surface area (Å²) >= 11 is 0. The van der Waals surface area contributed by atoms with Crippen molar-refractivity contribution in [1.82, 2.24) is 10.2 Å². The Morgan fingerprint density at radius 1 is 1.07 bits per heavy atom. The van der Waals surface area contributed by atoms with Crippen LogP contribution in [0, 0.1) is 0 Å². The summed E-state index contributed by atoms with van der Waals surface area (Å²) in [5.41, 5.74) is 2.97. The van der Waals surface area contributed by atoms with E-state index in [-0.39, 0.29) is 17.4 Å². The van der Waals surface area contributed by atoms with E-state index in [0.29, 0.717) is 19.6 Å². The maximum Gasteiger partial charge on any atom is 0.242 e. The highest BCUT2D eigenvalue weighted by atomic mass is 32.2. The molecule has 0 aromatic heterocycles. The molecule has 1 atom stereocenters. The van der Waals surface area contributed by atoms with Crippen molar-refractivity contribution >= 4 is 21.4 Å². The number of amides is 1. The standard InChI is InChI=1S/C21H27N3O3S/c1-23(2)19-10-6-7-17(15-19)16-22-21(25)20(18-8-4-3-5-9-18)24-11-13-28(26,27)14-12-24/h3-10,15,20H,11-14,16H2,1-2H3,(H,22,25). The molecule has 0 bridgehead atoms. The highest BCUT2D eigenvalue weighted by Crippen LogP contribution is 2.23. The van der Waals surface area contributed by atoms with Gasteiger partial charge in [-0.25, -0.2) is 8.42 Å². The molecular formula is C21H27N3O3S. The number of carbonyl (C=O) groups is 1. The van der Waals surface area contributed by atoms with Crippen LogP contribution in [0.3, 0.4) is 0 Å². The van der Waals surface area contributed by atoms with Crippen molar-refractivity contribution in [2.24, 2.45) is 0 Å². The highest BCUT2D eigenvalue weighted by molar-refractivity contribution is 7.91. The van der Waals surface area contributed by atoms with E-state index in [0.717, 1.165) is 16.8 Å². The minimum Gasteiger partial charge on any atom is -0.378 e. The fraction of sp³-hybridized carbons (Fsp3) is 0.381. The van der Waals surface area contributed by atoms with Gasteiger partial charge in [0, 0.05) is 39.4 Å². The van der Waals surface area contributed by atoms with Crippen molar-refractivity contribution in [2.75, 3.05) is 43.6 Å². The van der Waals surface area contributed by atoms with Crippen LogP contribution in [-0.2, 0) is 21.2 Å². The second-order valence-electron chi connectivity index (χ2n) is 7.28. The fourth-order valence-electron chi connectivity index (χ4n) is 3.38. The Balaban J connectivity index is 1.75. The minimum absolute atomic E-state index is 0.0918. The Morgan fingerprint density at radius 2 is 1.75 bits per heavy atom. The zero-order valence-electron chi connectivity index (χ0n) is 16.3. The highest BCUT2D eigenvalue weighted by Gasteiger charge is 2.32. The Hall–Kier alpha value is -2.38. The van der Waals surface area contributed by atoms with Crippen LogP contribution in [0.5, 0.6) is 0 Å². The third kappa shape index (κ3) is 5.11. The molecule has 150 valence electrons. The number of hydrogen-bond donors (Lipinski definition) is 1. The van der Waals surface area contributed by atoms with Crippen molar-refractivity contribution in [2.45, 2.75) is 12.6 Å². The summed E-state index contributed by atoms with van der Waals surface area (Å²) in [6.45, 7) is 1.16. The average molecular weight is 402 g/mol. The molecular weight excluding hydrogens is 374 g/mol. The van der Waals surface area contributed by atoms with Crippen molar-refractivity contribution in [3.8, 4) is 0 Å². The van der Waals surface area contributed by atoms with Crippen LogP contribution in [0.15, 0.2) is 54.6 Å². The largest absolute Gasteiger partial charge is 0.378 e. The van der Waals surface area contributed by atoms with Gasteiger partial charge in [0.05, 0.1) is 11.5 Å². The number of benzene rings is 2. The molecule has 1 aliphatic rings. The van der Waals surface area contributed by atoms with E-state index in [1.54, 1.807) is 0 Å². The first-order valence-corrected chi connectivity index (χ1v) is 11.2. The van der Waals surface area contributed by atoms with Gasteiger partial charge in [-0.15, -0.1) is 0 Å². The number of carbonyl (C=O) groups excluding carboxylic acids is 1. The van der Waals surface area contributed by atoms with E-state index in [9.17, 15) is 13.2 Å².